The minimum Gasteiger partial charge on any atom is -0.382 e. The van der Waals surface area contributed by atoms with Crippen molar-refractivity contribution in [1.82, 2.24) is 20.6 Å². The molecule has 1 fully saturated rings. The highest BCUT2D eigenvalue weighted by molar-refractivity contribution is 7.16. The van der Waals surface area contributed by atoms with E-state index in [1.807, 2.05) is 50.5 Å². The number of pyridine rings is 1. The van der Waals surface area contributed by atoms with E-state index < -0.39 is 0 Å². The fourth-order valence-corrected chi connectivity index (χ4v) is 5.07. The summed E-state index contributed by atoms with van der Waals surface area (Å²) in [6.07, 6.45) is 4.77. The van der Waals surface area contributed by atoms with Crippen LogP contribution in [0.2, 0.25) is 0 Å². The summed E-state index contributed by atoms with van der Waals surface area (Å²) < 4.78 is 6.55. The van der Waals surface area contributed by atoms with E-state index >= 15 is 0 Å². The molecule has 1 saturated heterocycles. The SMILES string of the molecule is CC(C)Nc1cc(Nc2ccc3ncsc3c2)ncc1C(=O)NCC[C@@H](C)NC(=O)CC1CCCOC1. The van der Waals surface area contributed by atoms with Gasteiger partial charge < -0.3 is 26.0 Å². The first-order valence-corrected chi connectivity index (χ1v) is 13.8. The Bertz CT molecular complexity index is 1210. The highest BCUT2D eigenvalue weighted by Gasteiger charge is 2.19. The topological polar surface area (TPSA) is 117 Å². The molecule has 2 aromatic heterocycles. The number of carbonyl (C=O) groups excluding carboxylic acids is 2. The van der Waals surface area contributed by atoms with Crippen molar-refractivity contribution in [3.05, 3.63) is 41.5 Å². The maximum Gasteiger partial charge on any atom is 0.254 e. The van der Waals surface area contributed by atoms with Crippen LogP contribution in [0, 0.1) is 5.92 Å². The Morgan fingerprint density at radius 3 is 2.84 bits per heavy atom. The second-order valence-corrected chi connectivity index (χ2v) is 10.8. The van der Waals surface area contributed by atoms with Crippen LogP contribution in [0.1, 0.15) is 56.8 Å². The summed E-state index contributed by atoms with van der Waals surface area (Å²) >= 11 is 1.59. The minimum absolute atomic E-state index is 0.0360. The number of nitrogens with one attached hydrogen (secondary N) is 4. The second-order valence-electron chi connectivity index (χ2n) is 9.87. The molecule has 2 amide bonds. The molecule has 0 bridgehead atoms. The fourth-order valence-electron chi connectivity index (χ4n) is 4.35. The molecule has 0 spiro atoms. The summed E-state index contributed by atoms with van der Waals surface area (Å²) in [5.74, 6) is 0.780. The number of thiazole rings is 1. The van der Waals surface area contributed by atoms with Gasteiger partial charge in [-0.25, -0.2) is 9.97 Å². The molecule has 2 atom stereocenters. The third kappa shape index (κ3) is 7.87. The molecule has 3 aromatic rings. The first kappa shape index (κ1) is 26.8. The van der Waals surface area contributed by atoms with Crippen molar-refractivity contribution in [2.24, 2.45) is 5.92 Å². The number of nitrogens with zero attached hydrogens (tertiary/aromatic N) is 2. The van der Waals surface area contributed by atoms with Crippen LogP contribution >= 0.6 is 11.3 Å². The van der Waals surface area contributed by atoms with Crippen LogP contribution in [0.3, 0.4) is 0 Å². The van der Waals surface area contributed by atoms with Gasteiger partial charge in [-0.05, 0) is 64.2 Å². The summed E-state index contributed by atoms with van der Waals surface area (Å²) in [6.45, 7) is 7.91. The molecule has 3 heterocycles. The molecule has 37 heavy (non-hydrogen) atoms. The van der Waals surface area contributed by atoms with Gasteiger partial charge in [-0.15, -0.1) is 11.3 Å². The lowest BCUT2D eigenvalue weighted by atomic mass is 9.98. The average Bonchev–Trinajstić information content (AvgIpc) is 3.32. The van der Waals surface area contributed by atoms with Gasteiger partial charge in [0.1, 0.15) is 5.82 Å². The fraction of sp³-hybridized carbons (Fsp3) is 0.481. The molecule has 0 saturated carbocycles. The number of hydrogen-bond acceptors (Lipinski definition) is 8. The molecule has 10 heteroatoms. The number of ether oxygens (including phenoxy) is 1. The monoisotopic (exact) mass is 524 g/mol. The van der Waals surface area contributed by atoms with Crippen molar-refractivity contribution < 1.29 is 14.3 Å². The van der Waals surface area contributed by atoms with Crippen LogP contribution in [0.15, 0.2) is 36.0 Å². The number of carbonyl (C=O) groups is 2. The van der Waals surface area contributed by atoms with Gasteiger partial charge in [0.25, 0.3) is 5.91 Å². The Labute approximate surface area is 221 Å². The lowest BCUT2D eigenvalue weighted by Gasteiger charge is -2.22. The van der Waals surface area contributed by atoms with Crippen LogP contribution in [-0.2, 0) is 9.53 Å². The molecule has 4 rings (SSSR count). The first-order chi connectivity index (χ1) is 17.9. The third-order valence-electron chi connectivity index (χ3n) is 6.20. The second kappa shape index (κ2) is 12.8. The van der Waals surface area contributed by atoms with Gasteiger partial charge in [0, 0.05) is 56.2 Å². The van der Waals surface area contributed by atoms with Crippen LogP contribution < -0.4 is 21.3 Å². The Hall–Kier alpha value is -3.24. The Kier molecular flexibility index (Phi) is 9.29. The van der Waals surface area contributed by atoms with Crippen LogP contribution in [-0.4, -0.2) is 53.6 Å². The van der Waals surface area contributed by atoms with Crippen molar-refractivity contribution in [2.45, 2.75) is 58.5 Å². The number of rotatable bonds is 11. The zero-order chi connectivity index (χ0) is 26.2. The molecular weight excluding hydrogens is 488 g/mol. The normalized spacial score (nSPS) is 16.4. The number of aromatic nitrogens is 2. The summed E-state index contributed by atoms with van der Waals surface area (Å²) in [7, 11) is 0. The highest BCUT2D eigenvalue weighted by atomic mass is 32.1. The molecule has 4 N–H and O–H groups in total. The molecule has 9 nitrogen and oxygen atoms in total. The molecule has 1 unspecified atom stereocenters. The van der Waals surface area contributed by atoms with E-state index in [0.717, 1.165) is 35.4 Å². The number of benzene rings is 1. The van der Waals surface area contributed by atoms with E-state index in [-0.39, 0.29) is 23.9 Å². The van der Waals surface area contributed by atoms with Crippen molar-refractivity contribution in [2.75, 3.05) is 30.4 Å². The van der Waals surface area contributed by atoms with Crippen molar-refractivity contribution in [3.8, 4) is 0 Å². The number of amides is 2. The minimum atomic E-state index is -0.203. The molecule has 0 aliphatic carbocycles. The predicted octanol–water partition coefficient (Wildman–Crippen LogP) is 4.70. The highest BCUT2D eigenvalue weighted by Crippen LogP contribution is 2.26. The van der Waals surface area contributed by atoms with Crippen LogP contribution in [0.5, 0.6) is 0 Å². The van der Waals surface area contributed by atoms with Crippen LogP contribution in [0.25, 0.3) is 10.2 Å². The number of fused-ring (bicyclic) bond motifs is 1. The lowest BCUT2D eigenvalue weighted by Crippen LogP contribution is -2.37. The maximum atomic E-state index is 13.0. The summed E-state index contributed by atoms with van der Waals surface area (Å²) in [6, 6.07) is 7.92. The van der Waals surface area contributed by atoms with Gasteiger partial charge in [-0.2, -0.15) is 0 Å². The predicted molar refractivity (Wildman–Crippen MR) is 149 cm³/mol. The number of anilines is 3. The van der Waals surface area contributed by atoms with E-state index in [4.69, 9.17) is 4.74 Å². The van der Waals surface area contributed by atoms with Gasteiger partial charge in [0.15, 0.2) is 0 Å². The summed E-state index contributed by atoms with van der Waals surface area (Å²) in [5.41, 5.74) is 4.88. The smallest absolute Gasteiger partial charge is 0.254 e. The van der Waals surface area contributed by atoms with Gasteiger partial charge in [0.2, 0.25) is 5.91 Å². The molecule has 1 aromatic carbocycles. The quantitative estimate of drug-likeness (QED) is 0.287. The van der Waals surface area contributed by atoms with E-state index in [9.17, 15) is 9.59 Å². The lowest BCUT2D eigenvalue weighted by molar-refractivity contribution is -0.123. The van der Waals surface area contributed by atoms with Gasteiger partial charge >= 0.3 is 0 Å². The van der Waals surface area contributed by atoms with Gasteiger partial charge in [-0.1, -0.05) is 0 Å². The van der Waals surface area contributed by atoms with Gasteiger partial charge in [-0.3, -0.25) is 9.59 Å². The zero-order valence-electron chi connectivity index (χ0n) is 21.7. The molecule has 0 radical (unpaired) electrons. The third-order valence-corrected chi connectivity index (χ3v) is 6.99. The van der Waals surface area contributed by atoms with Crippen molar-refractivity contribution in [3.63, 3.8) is 0 Å². The maximum absolute atomic E-state index is 13.0. The molecule has 1 aliphatic heterocycles. The van der Waals surface area contributed by atoms with E-state index in [0.29, 0.717) is 49.0 Å². The Morgan fingerprint density at radius 2 is 2.05 bits per heavy atom. The van der Waals surface area contributed by atoms with Crippen LogP contribution in [0.4, 0.5) is 17.2 Å². The first-order valence-electron chi connectivity index (χ1n) is 12.9. The van der Waals surface area contributed by atoms with E-state index in [1.54, 1.807) is 17.5 Å². The molecular formula is C27H36N6O3S. The van der Waals surface area contributed by atoms with Crippen molar-refractivity contribution in [1.29, 1.82) is 0 Å². The standard InChI is InChI=1S/C27H36N6O3S/c1-17(2)31-23-13-25(33-20-6-7-22-24(12-20)37-16-30-22)29-14-21(23)27(35)28-9-8-18(3)32-26(34)11-19-5-4-10-36-15-19/h6-7,12-14,16-19H,4-5,8-11,15H2,1-3H3,(H,28,35)(H,32,34)(H2,29,31,33)/t18-,19?/m1/s1. The molecule has 1 aliphatic rings. The van der Waals surface area contributed by atoms with Gasteiger partial charge in [0.05, 0.1) is 27.0 Å². The van der Waals surface area contributed by atoms with E-state index in [1.165, 1.54) is 0 Å². The Morgan fingerprint density at radius 1 is 1.19 bits per heavy atom. The summed E-state index contributed by atoms with van der Waals surface area (Å²) in [5, 5.41) is 12.7. The Balaban J connectivity index is 1.31. The average molecular weight is 525 g/mol. The van der Waals surface area contributed by atoms with E-state index in [2.05, 4.69) is 31.2 Å². The van der Waals surface area contributed by atoms with Crippen molar-refractivity contribution >= 4 is 50.6 Å². The summed E-state index contributed by atoms with van der Waals surface area (Å²) in [4.78, 5) is 34.1. The molecule has 198 valence electrons. The largest absolute Gasteiger partial charge is 0.382 e. The number of hydrogen-bond donors (Lipinski definition) is 4. The zero-order valence-corrected chi connectivity index (χ0v) is 22.5.